The molecule has 0 saturated carbocycles. The first kappa shape index (κ1) is 27.7. The molecule has 3 amide bonds. The van der Waals surface area contributed by atoms with E-state index in [0.717, 1.165) is 33.6 Å². The van der Waals surface area contributed by atoms with Gasteiger partial charge in [0.25, 0.3) is 17.7 Å². The molecule has 0 aliphatic carbocycles. The fraction of sp³-hybridized carbons (Fsp3) is 0.143. The number of carbonyl (C=O) groups is 3. The average molecular weight is 570 g/mol. The van der Waals surface area contributed by atoms with Gasteiger partial charge in [0.2, 0.25) is 0 Å². The van der Waals surface area contributed by atoms with Crippen LogP contribution in [0.3, 0.4) is 0 Å². The molecule has 0 unspecified atom stereocenters. The third-order valence-corrected chi connectivity index (χ3v) is 7.66. The van der Waals surface area contributed by atoms with Gasteiger partial charge in [0.05, 0.1) is 13.1 Å². The van der Waals surface area contributed by atoms with Crippen molar-refractivity contribution in [2.24, 2.45) is 0 Å². The third-order valence-electron chi connectivity index (χ3n) is 7.66. The van der Waals surface area contributed by atoms with Gasteiger partial charge in [-0.2, -0.15) is 0 Å². The fourth-order valence-corrected chi connectivity index (χ4v) is 5.43. The predicted molar refractivity (Wildman–Crippen MR) is 166 cm³/mol. The van der Waals surface area contributed by atoms with Gasteiger partial charge in [-0.05, 0) is 64.7 Å². The summed E-state index contributed by atoms with van der Waals surface area (Å²) in [6.07, 6.45) is 3.43. The van der Waals surface area contributed by atoms with Gasteiger partial charge in [-0.15, -0.1) is 0 Å². The highest BCUT2D eigenvalue weighted by Crippen LogP contribution is 2.31. The Balaban J connectivity index is 1.28. The maximum atomic E-state index is 14.0. The Morgan fingerprint density at radius 2 is 1.60 bits per heavy atom. The van der Waals surface area contributed by atoms with E-state index in [0.29, 0.717) is 36.5 Å². The Kier molecular flexibility index (Phi) is 7.57. The second-order valence-electron chi connectivity index (χ2n) is 10.7. The average Bonchev–Trinajstić information content (AvgIpc) is 3.36. The first-order valence-corrected chi connectivity index (χ1v) is 14.1. The molecule has 6 rings (SSSR count). The number of rotatable bonds is 6. The van der Waals surface area contributed by atoms with Crippen LogP contribution in [0.4, 0.5) is 5.69 Å². The molecule has 214 valence electrons. The molecule has 1 aliphatic rings. The largest absolute Gasteiger partial charge is 0.347 e. The van der Waals surface area contributed by atoms with Crippen molar-refractivity contribution < 1.29 is 14.4 Å². The van der Waals surface area contributed by atoms with Crippen molar-refractivity contribution in [3.8, 4) is 11.1 Å². The zero-order valence-electron chi connectivity index (χ0n) is 24.0. The molecule has 43 heavy (non-hydrogen) atoms. The number of nitrogens with zero attached hydrogens (tertiary/aromatic N) is 4. The lowest BCUT2D eigenvalue weighted by Crippen LogP contribution is -2.30. The van der Waals surface area contributed by atoms with Crippen LogP contribution in [0.25, 0.3) is 11.1 Å². The first-order chi connectivity index (χ1) is 20.9. The van der Waals surface area contributed by atoms with E-state index in [1.807, 2.05) is 89.5 Å². The zero-order chi connectivity index (χ0) is 29.9. The van der Waals surface area contributed by atoms with Gasteiger partial charge in [0.1, 0.15) is 5.69 Å². The monoisotopic (exact) mass is 569 g/mol. The van der Waals surface area contributed by atoms with Gasteiger partial charge in [0, 0.05) is 55.5 Å². The van der Waals surface area contributed by atoms with Crippen molar-refractivity contribution in [2.45, 2.75) is 19.6 Å². The summed E-state index contributed by atoms with van der Waals surface area (Å²) in [7, 11) is 3.46. The fourth-order valence-electron chi connectivity index (χ4n) is 5.43. The van der Waals surface area contributed by atoms with Crippen LogP contribution in [0.2, 0.25) is 0 Å². The summed E-state index contributed by atoms with van der Waals surface area (Å²) in [5.74, 6) is -0.407. The second-order valence-corrected chi connectivity index (χ2v) is 10.7. The van der Waals surface area contributed by atoms with E-state index >= 15 is 0 Å². The van der Waals surface area contributed by atoms with Crippen LogP contribution in [0.5, 0.6) is 0 Å². The van der Waals surface area contributed by atoms with Gasteiger partial charge in [-0.25, -0.2) is 0 Å². The standard InChI is InChI=1S/C35H31N5O3/c1-38(2)35(43)30-11-5-4-10-29(30)25-13-15-26(16-14-25)34(42)40-23-28-17-18-32(33(41)37-21-24-8-7-19-36-20-24)39(28)22-27-9-3-6-12-31(27)40/h3-20H,21-23H2,1-2H3,(H,37,41). The summed E-state index contributed by atoms with van der Waals surface area (Å²) in [6.45, 7) is 1.15. The number of amides is 3. The van der Waals surface area contributed by atoms with E-state index in [1.165, 1.54) is 0 Å². The molecule has 0 radical (unpaired) electrons. The predicted octanol–water partition coefficient (Wildman–Crippen LogP) is 5.39. The molecule has 0 spiro atoms. The summed E-state index contributed by atoms with van der Waals surface area (Å²) in [4.78, 5) is 47.4. The Bertz CT molecular complexity index is 1810. The lowest BCUT2D eigenvalue weighted by atomic mass is 9.97. The second kappa shape index (κ2) is 11.8. The lowest BCUT2D eigenvalue weighted by molar-refractivity contribution is 0.0827. The number of hydrogen-bond acceptors (Lipinski definition) is 4. The minimum absolute atomic E-state index is 0.0787. The van der Waals surface area contributed by atoms with E-state index in [2.05, 4.69) is 10.3 Å². The van der Waals surface area contributed by atoms with E-state index in [1.54, 1.807) is 48.4 Å². The van der Waals surface area contributed by atoms with Crippen LogP contribution in [0.1, 0.15) is 48.0 Å². The minimum Gasteiger partial charge on any atom is -0.347 e. The van der Waals surface area contributed by atoms with Crippen molar-refractivity contribution in [3.63, 3.8) is 0 Å². The number of aromatic nitrogens is 2. The summed E-state index contributed by atoms with van der Waals surface area (Å²) in [5, 5.41) is 2.99. The van der Waals surface area contributed by atoms with Crippen LogP contribution in [0, 0.1) is 0 Å². The number of hydrogen-bond donors (Lipinski definition) is 1. The normalized spacial score (nSPS) is 12.1. The van der Waals surface area contributed by atoms with Crippen LogP contribution in [-0.2, 0) is 19.6 Å². The highest BCUT2D eigenvalue weighted by atomic mass is 16.2. The van der Waals surface area contributed by atoms with Crippen molar-refractivity contribution in [1.82, 2.24) is 19.8 Å². The molecule has 0 bridgehead atoms. The van der Waals surface area contributed by atoms with Crippen LogP contribution < -0.4 is 10.2 Å². The Labute approximate surface area is 250 Å². The summed E-state index contributed by atoms with van der Waals surface area (Å²) in [6, 6.07) is 30.1. The topological polar surface area (TPSA) is 87.5 Å². The third kappa shape index (κ3) is 5.55. The molecular weight excluding hydrogens is 538 g/mol. The Morgan fingerprint density at radius 1 is 0.837 bits per heavy atom. The van der Waals surface area contributed by atoms with Crippen LogP contribution >= 0.6 is 0 Å². The van der Waals surface area contributed by atoms with E-state index in [9.17, 15) is 14.4 Å². The summed E-state index contributed by atoms with van der Waals surface area (Å²) in [5.41, 5.74) is 6.88. The molecule has 3 heterocycles. The highest BCUT2D eigenvalue weighted by molar-refractivity contribution is 6.07. The molecule has 0 saturated heterocycles. The van der Waals surface area contributed by atoms with Crippen molar-refractivity contribution >= 4 is 23.4 Å². The molecule has 8 nitrogen and oxygen atoms in total. The molecular formula is C35H31N5O3. The van der Waals surface area contributed by atoms with Crippen molar-refractivity contribution in [3.05, 3.63) is 143 Å². The number of benzene rings is 3. The van der Waals surface area contributed by atoms with Gasteiger partial charge >= 0.3 is 0 Å². The molecule has 8 heteroatoms. The van der Waals surface area contributed by atoms with Crippen LogP contribution in [-0.4, -0.2) is 46.3 Å². The van der Waals surface area contributed by atoms with Gasteiger partial charge in [-0.1, -0.05) is 54.6 Å². The summed E-state index contributed by atoms with van der Waals surface area (Å²) >= 11 is 0. The van der Waals surface area contributed by atoms with E-state index in [-0.39, 0.29) is 17.7 Å². The molecule has 1 aliphatic heterocycles. The Hall–Kier alpha value is -5.50. The zero-order valence-corrected chi connectivity index (χ0v) is 24.0. The molecule has 1 N–H and O–H groups in total. The number of pyridine rings is 1. The van der Waals surface area contributed by atoms with Gasteiger partial charge < -0.3 is 19.7 Å². The van der Waals surface area contributed by atoms with Crippen molar-refractivity contribution in [2.75, 3.05) is 19.0 Å². The maximum Gasteiger partial charge on any atom is 0.268 e. The molecule has 2 aromatic heterocycles. The number of para-hydroxylation sites is 1. The lowest BCUT2D eigenvalue weighted by Gasteiger charge is -2.23. The van der Waals surface area contributed by atoms with E-state index < -0.39 is 0 Å². The molecule has 3 aromatic carbocycles. The van der Waals surface area contributed by atoms with E-state index in [4.69, 9.17) is 0 Å². The molecule has 0 fully saturated rings. The number of fused-ring (bicyclic) bond motifs is 2. The first-order valence-electron chi connectivity index (χ1n) is 14.1. The van der Waals surface area contributed by atoms with Gasteiger partial charge in [0.15, 0.2) is 0 Å². The van der Waals surface area contributed by atoms with Crippen molar-refractivity contribution in [1.29, 1.82) is 0 Å². The number of carbonyl (C=O) groups excluding carboxylic acids is 3. The molecule has 5 aromatic rings. The summed E-state index contributed by atoms with van der Waals surface area (Å²) < 4.78 is 1.98. The molecule has 0 atom stereocenters. The number of nitrogens with one attached hydrogen (secondary N) is 1. The minimum atomic E-state index is -0.184. The highest BCUT2D eigenvalue weighted by Gasteiger charge is 2.27. The smallest absolute Gasteiger partial charge is 0.268 e. The quantitative estimate of drug-likeness (QED) is 0.297. The Morgan fingerprint density at radius 3 is 2.37 bits per heavy atom. The van der Waals surface area contributed by atoms with Crippen LogP contribution in [0.15, 0.2) is 109 Å². The SMILES string of the molecule is CN(C)C(=O)c1ccccc1-c1ccc(C(=O)N2Cc3ccc(C(=O)NCc4cccnc4)n3Cc3ccccc32)cc1. The van der Waals surface area contributed by atoms with Gasteiger partial charge in [-0.3, -0.25) is 19.4 Å². The maximum absolute atomic E-state index is 14.0. The number of anilines is 1.